The molecule has 0 atom stereocenters. The normalized spacial score (nSPS) is 10.7. The fraction of sp³-hybridized carbons (Fsp3) is 0.0357. The molecule has 2 aromatic heterocycles. The summed E-state index contributed by atoms with van der Waals surface area (Å²) in [5.41, 5.74) is 5.82. The minimum atomic E-state index is -0.224. The predicted octanol–water partition coefficient (Wildman–Crippen LogP) is 5.57. The Balaban J connectivity index is 1.51. The van der Waals surface area contributed by atoms with Crippen molar-refractivity contribution in [2.24, 2.45) is 0 Å². The van der Waals surface area contributed by atoms with Crippen LogP contribution in [0, 0.1) is 0 Å². The van der Waals surface area contributed by atoms with Crippen LogP contribution >= 0.6 is 0 Å². The number of anilines is 2. The van der Waals surface area contributed by atoms with Crippen LogP contribution in [0.2, 0.25) is 0 Å². The molecule has 2 amide bonds. The summed E-state index contributed by atoms with van der Waals surface area (Å²) in [6, 6.07) is 24.5. The van der Waals surface area contributed by atoms with Crippen molar-refractivity contribution in [2.45, 2.75) is 6.92 Å². The lowest BCUT2D eigenvalue weighted by molar-refractivity contribution is -0.114. The van der Waals surface area contributed by atoms with Crippen LogP contribution in [-0.4, -0.2) is 26.8 Å². The summed E-state index contributed by atoms with van der Waals surface area (Å²) in [5.74, 6) is 0.148. The van der Waals surface area contributed by atoms with E-state index in [9.17, 15) is 9.59 Å². The molecule has 0 unspecified atom stereocenters. The zero-order chi connectivity index (χ0) is 24.2. The van der Waals surface area contributed by atoms with Crippen LogP contribution in [0.3, 0.4) is 0 Å². The third-order valence-corrected chi connectivity index (χ3v) is 5.49. The number of pyridine rings is 1. The maximum atomic E-state index is 12.6. The molecular formula is C28H21N5O2. The molecule has 0 bridgehead atoms. The van der Waals surface area contributed by atoms with Gasteiger partial charge in [0.1, 0.15) is 12.1 Å². The summed E-state index contributed by atoms with van der Waals surface area (Å²) in [5, 5.41) is 6.51. The van der Waals surface area contributed by atoms with Gasteiger partial charge in [-0.3, -0.25) is 9.59 Å². The molecule has 5 aromatic rings. The second kappa shape index (κ2) is 9.52. The fourth-order valence-corrected chi connectivity index (χ4v) is 3.90. The SMILES string of the molecule is CC(=O)Nc1cccc(-c2cc(-c3ccc(C(=O)Nc4ccccn4)cc3)cc3cncnc23)c1. The minimum absolute atomic E-state index is 0.129. The van der Waals surface area contributed by atoms with Crippen molar-refractivity contribution >= 4 is 34.2 Å². The average Bonchev–Trinajstić information content (AvgIpc) is 2.88. The van der Waals surface area contributed by atoms with Crippen LogP contribution < -0.4 is 10.6 Å². The number of hydrogen-bond donors (Lipinski definition) is 2. The van der Waals surface area contributed by atoms with Crippen LogP contribution in [0.25, 0.3) is 33.2 Å². The molecule has 0 saturated heterocycles. The van der Waals surface area contributed by atoms with Crippen molar-refractivity contribution in [1.29, 1.82) is 0 Å². The topological polar surface area (TPSA) is 96.9 Å². The minimum Gasteiger partial charge on any atom is -0.326 e. The maximum absolute atomic E-state index is 12.6. The second-order valence-electron chi connectivity index (χ2n) is 7.99. The first-order valence-electron chi connectivity index (χ1n) is 11.0. The van der Waals surface area contributed by atoms with Gasteiger partial charge in [-0.2, -0.15) is 0 Å². The number of nitrogens with one attached hydrogen (secondary N) is 2. The zero-order valence-corrected chi connectivity index (χ0v) is 18.9. The van der Waals surface area contributed by atoms with Gasteiger partial charge in [0.05, 0.1) is 5.52 Å². The van der Waals surface area contributed by atoms with E-state index in [0.717, 1.165) is 33.2 Å². The van der Waals surface area contributed by atoms with E-state index in [2.05, 4.69) is 31.7 Å². The molecule has 0 saturated carbocycles. The first-order chi connectivity index (χ1) is 17.1. The number of benzene rings is 3. The lowest BCUT2D eigenvalue weighted by Crippen LogP contribution is -2.12. The summed E-state index contributed by atoms with van der Waals surface area (Å²) < 4.78 is 0. The third kappa shape index (κ3) is 4.89. The van der Waals surface area contributed by atoms with Gasteiger partial charge in [-0.15, -0.1) is 0 Å². The van der Waals surface area contributed by atoms with E-state index in [1.807, 2.05) is 48.5 Å². The van der Waals surface area contributed by atoms with Gasteiger partial charge in [0.2, 0.25) is 5.91 Å². The average molecular weight is 460 g/mol. The summed E-state index contributed by atoms with van der Waals surface area (Å²) in [7, 11) is 0. The number of carbonyl (C=O) groups is 2. The number of hydrogen-bond acceptors (Lipinski definition) is 5. The number of nitrogens with zero attached hydrogens (tertiary/aromatic N) is 3. The second-order valence-corrected chi connectivity index (χ2v) is 7.99. The van der Waals surface area contributed by atoms with Crippen molar-refractivity contribution in [3.8, 4) is 22.3 Å². The van der Waals surface area contributed by atoms with Crippen molar-refractivity contribution in [3.63, 3.8) is 0 Å². The van der Waals surface area contributed by atoms with Gasteiger partial charge in [-0.1, -0.05) is 30.3 Å². The van der Waals surface area contributed by atoms with Gasteiger partial charge < -0.3 is 10.6 Å². The summed E-state index contributed by atoms with van der Waals surface area (Å²) >= 11 is 0. The lowest BCUT2D eigenvalue weighted by Gasteiger charge is -2.12. The molecule has 7 nitrogen and oxygen atoms in total. The van der Waals surface area contributed by atoms with E-state index < -0.39 is 0 Å². The van der Waals surface area contributed by atoms with Crippen LogP contribution in [0.1, 0.15) is 17.3 Å². The van der Waals surface area contributed by atoms with E-state index in [1.54, 1.807) is 36.7 Å². The van der Waals surface area contributed by atoms with Gasteiger partial charge in [0.25, 0.3) is 5.91 Å². The first kappa shape index (κ1) is 21.9. The van der Waals surface area contributed by atoms with Crippen molar-refractivity contribution < 1.29 is 9.59 Å². The van der Waals surface area contributed by atoms with Gasteiger partial charge >= 0.3 is 0 Å². The van der Waals surface area contributed by atoms with Gasteiger partial charge in [0.15, 0.2) is 0 Å². The predicted molar refractivity (Wildman–Crippen MR) is 137 cm³/mol. The number of amides is 2. The lowest BCUT2D eigenvalue weighted by atomic mass is 9.95. The Bertz CT molecular complexity index is 1530. The Kier molecular flexibility index (Phi) is 5.96. The highest BCUT2D eigenvalue weighted by molar-refractivity contribution is 6.04. The van der Waals surface area contributed by atoms with Crippen LogP contribution in [-0.2, 0) is 4.79 Å². The number of aromatic nitrogens is 3. The van der Waals surface area contributed by atoms with E-state index in [-0.39, 0.29) is 11.8 Å². The highest BCUT2D eigenvalue weighted by atomic mass is 16.2. The zero-order valence-electron chi connectivity index (χ0n) is 18.9. The van der Waals surface area contributed by atoms with Gasteiger partial charge in [-0.25, -0.2) is 15.0 Å². The number of rotatable bonds is 5. The molecule has 170 valence electrons. The Labute approximate surface area is 201 Å². The van der Waals surface area contributed by atoms with Crippen molar-refractivity contribution in [2.75, 3.05) is 10.6 Å². The van der Waals surface area contributed by atoms with Crippen molar-refractivity contribution in [3.05, 3.63) is 103 Å². The molecule has 0 aliphatic carbocycles. The molecule has 7 heteroatoms. The largest absolute Gasteiger partial charge is 0.326 e. The van der Waals surface area contributed by atoms with E-state index in [0.29, 0.717) is 17.1 Å². The van der Waals surface area contributed by atoms with Crippen LogP contribution in [0.5, 0.6) is 0 Å². The van der Waals surface area contributed by atoms with Gasteiger partial charge in [0, 0.05) is 41.5 Å². The molecule has 5 rings (SSSR count). The molecule has 3 aromatic carbocycles. The first-order valence-corrected chi connectivity index (χ1v) is 11.0. The highest BCUT2D eigenvalue weighted by Gasteiger charge is 2.12. The molecule has 0 aliphatic heterocycles. The maximum Gasteiger partial charge on any atom is 0.256 e. The molecule has 0 aliphatic rings. The smallest absolute Gasteiger partial charge is 0.256 e. The highest BCUT2D eigenvalue weighted by Crippen LogP contribution is 2.34. The molecular weight excluding hydrogens is 438 g/mol. The fourth-order valence-electron chi connectivity index (χ4n) is 3.90. The van der Waals surface area contributed by atoms with E-state index in [1.165, 1.54) is 13.3 Å². The Morgan fingerprint density at radius 2 is 1.63 bits per heavy atom. The molecule has 0 spiro atoms. The number of carbonyl (C=O) groups excluding carboxylic acids is 2. The molecule has 0 fully saturated rings. The monoisotopic (exact) mass is 459 g/mol. The summed E-state index contributed by atoms with van der Waals surface area (Å²) in [4.78, 5) is 36.9. The van der Waals surface area contributed by atoms with Gasteiger partial charge in [-0.05, 0) is 65.2 Å². The standard InChI is InChI=1S/C28H21N5O2/c1-18(34)32-24-6-4-5-21(14-24)25-15-22(13-23-16-29-17-31-27(23)25)19-8-10-20(11-9-19)28(35)33-26-7-2-3-12-30-26/h2-17H,1H3,(H,32,34)(H,30,33,35). The summed E-state index contributed by atoms with van der Waals surface area (Å²) in [6.07, 6.45) is 4.94. The quantitative estimate of drug-likeness (QED) is 0.358. The molecule has 0 radical (unpaired) electrons. The van der Waals surface area contributed by atoms with E-state index in [4.69, 9.17) is 0 Å². The Morgan fingerprint density at radius 1 is 0.771 bits per heavy atom. The van der Waals surface area contributed by atoms with Crippen LogP contribution in [0.15, 0.2) is 97.6 Å². The van der Waals surface area contributed by atoms with E-state index >= 15 is 0 Å². The van der Waals surface area contributed by atoms with Crippen LogP contribution in [0.4, 0.5) is 11.5 Å². The van der Waals surface area contributed by atoms with Crippen molar-refractivity contribution in [1.82, 2.24) is 15.0 Å². The number of fused-ring (bicyclic) bond motifs is 1. The Hall–Kier alpha value is -4.91. The molecule has 35 heavy (non-hydrogen) atoms. The third-order valence-electron chi connectivity index (χ3n) is 5.49. The molecule has 2 heterocycles. The molecule has 2 N–H and O–H groups in total. The summed E-state index contributed by atoms with van der Waals surface area (Å²) in [6.45, 7) is 1.48. The Morgan fingerprint density at radius 3 is 2.40 bits per heavy atom.